The largest absolute Gasteiger partial charge is 0.507 e. The first-order valence-electron chi connectivity index (χ1n) is 4.98. The highest BCUT2D eigenvalue weighted by Crippen LogP contribution is 2.20. The molecule has 0 saturated heterocycles. The van der Waals surface area contributed by atoms with E-state index in [-0.39, 0.29) is 17.9 Å². The Morgan fingerprint density at radius 1 is 1.50 bits per heavy atom. The van der Waals surface area contributed by atoms with Crippen molar-refractivity contribution >= 4 is 34.5 Å². The Hall–Kier alpha value is -1.35. The van der Waals surface area contributed by atoms with E-state index in [9.17, 15) is 14.7 Å². The summed E-state index contributed by atoms with van der Waals surface area (Å²) in [7, 11) is 1.25. The molecule has 1 aromatic carbocycles. The molecule has 1 aromatic rings. The van der Waals surface area contributed by atoms with Crippen LogP contribution in [0.3, 0.4) is 0 Å². The number of methoxy groups -OCH3 is 1. The maximum absolute atomic E-state index is 11.7. The molecule has 18 heavy (non-hydrogen) atoms. The third-order valence-electron chi connectivity index (χ3n) is 2.22. The van der Waals surface area contributed by atoms with Gasteiger partial charge in [-0.15, -0.1) is 0 Å². The fourth-order valence-electron chi connectivity index (χ4n) is 1.21. The van der Waals surface area contributed by atoms with Crippen LogP contribution in [-0.2, 0) is 9.53 Å². The van der Waals surface area contributed by atoms with E-state index in [0.29, 0.717) is 3.57 Å². The van der Waals surface area contributed by atoms with Crippen molar-refractivity contribution in [3.05, 3.63) is 27.3 Å². The number of aliphatic carboxylic acids is 1. The van der Waals surface area contributed by atoms with E-state index in [1.165, 1.54) is 13.2 Å². The number of aromatic hydroxyl groups is 1. The van der Waals surface area contributed by atoms with Crippen LogP contribution >= 0.6 is 22.6 Å². The molecule has 1 rings (SSSR count). The Labute approximate surface area is 117 Å². The molecule has 0 radical (unpaired) electrons. The minimum Gasteiger partial charge on any atom is -0.507 e. The highest BCUT2D eigenvalue weighted by molar-refractivity contribution is 14.1. The van der Waals surface area contributed by atoms with Gasteiger partial charge in [0.05, 0.1) is 10.1 Å². The molecule has 3 N–H and O–H groups in total. The Bertz CT molecular complexity index is 463. The molecule has 0 aromatic heterocycles. The van der Waals surface area contributed by atoms with Gasteiger partial charge in [-0.05, 0) is 40.8 Å². The number of phenols is 1. The quantitative estimate of drug-likeness (QED) is 0.672. The number of hydrogen-bond acceptors (Lipinski definition) is 4. The zero-order valence-corrected chi connectivity index (χ0v) is 11.7. The van der Waals surface area contributed by atoms with Crippen molar-refractivity contribution in [1.82, 2.24) is 5.32 Å². The molecule has 0 aliphatic carbocycles. The van der Waals surface area contributed by atoms with Gasteiger partial charge in [-0.1, -0.05) is 0 Å². The number of carboxylic acids is 1. The molecule has 1 unspecified atom stereocenters. The maximum atomic E-state index is 11.7. The maximum Gasteiger partial charge on any atom is 0.334 e. The molecule has 1 amide bonds. The minimum atomic E-state index is -1.15. The van der Waals surface area contributed by atoms with Crippen LogP contribution in [0.4, 0.5) is 0 Å². The average Bonchev–Trinajstić information content (AvgIpc) is 2.32. The van der Waals surface area contributed by atoms with E-state index in [1.54, 1.807) is 12.1 Å². The number of carboxylic acid groups (broad SMARTS) is 1. The molecular weight excluding hydrogens is 353 g/mol. The predicted octanol–water partition coefficient (Wildman–Crippen LogP) is 0.826. The van der Waals surface area contributed by atoms with Crippen molar-refractivity contribution in [3.63, 3.8) is 0 Å². The Morgan fingerprint density at radius 2 is 2.17 bits per heavy atom. The third-order valence-corrected chi connectivity index (χ3v) is 3.13. The smallest absolute Gasteiger partial charge is 0.334 e. The van der Waals surface area contributed by atoms with E-state index >= 15 is 0 Å². The number of hydrogen-bond donors (Lipinski definition) is 3. The highest BCUT2D eigenvalue weighted by Gasteiger charge is 2.17. The van der Waals surface area contributed by atoms with Gasteiger partial charge in [0.25, 0.3) is 5.91 Å². The standard InChI is InChI=1S/C11H12INO5/c1-18-9(11(16)17)5-13-10(15)6-2-3-7(12)8(14)4-6/h2-4,9,14H,5H2,1H3,(H,13,15)(H,16,17). The fourth-order valence-corrected chi connectivity index (χ4v) is 1.55. The summed E-state index contributed by atoms with van der Waals surface area (Å²) in [5.74, 6) is -1.61. The van der Waals surface area contributed by atoms with E-state index in [2.05, 4.69) is 10.1 Å². The number of benzene rings is 1. The monoisotopic (exact) mass is 365 g/mol. The number of amides is 1. The third kappa shape index (κ3) is 3.84. The SMILES string of the molecule is COC(CNC(=O)c1ccc(I)c(O)c1)C(=O)O. The van der Waals surface area contributed by atoms with Crippen LogP contribution < -0.4 is 5.32 Å². The van der Waals surface area contributed by atoms with Gasteiger partial charge >= 0.3 is 5.97 Å². The Kier molecular flexibility index (Phi) is 5.35. The highest BCUT2D eigenvalue weighted by atomic mass is 127. The summed E-state index contributed by atoms with van der Waals surface area (Å²) in [4.78, 5) is 22.3. The number of halogens is 1. The first-order chi connectivity index (χ1) is 8.45. The summed E-state index contributed by atoms with van der Waals surface area (Å²) >= 11 is 1.93. The van der Waals surface area contributed by atoms with Gasteiger partial charge in [0.1, 0.15) is 5.75 Å². The fraction of sp³-hybridized carbons (Fsp3) is 0.273. The topological polar surface area (TPSA) is 95.9 Å². The van der Waals surface area contributed by atoms with Crippen LogP contribution in [0.5, 0.6) is 5.75 Å². The van der Waals surface area contributed by atoms with Crippen LogP contribution in [-0.4, -0.2) is 41.8 Å². The summed E-state index contributed by atoms with van der Waals surface area (Å²) in [6, 6.07) is 4.45. The van der Waals surface area contributed by atoms with Crippen molar-refractivity contribution in [2.24, 2.45) is 0 Å². The van der Waals surface area contributed by atoms with Crippen molar-refractivity contribution in [2.75, 3.05) is 13.7 Å². The number of phenolic OH excluding ortho intramolecular Hbond substituents is 1. The molecule has 0 aliphatic rings. The Balaban J connectivity index is 2.65. The van der Waals surface area contributed by atoms with Crippen LogP contribution in [0.25, 0.3) is 0 Å². The van der Waals surface area contributed by atoms with Crippen molar-refractivity contribution < 1.29 is 24.5 Å². The van der Waals surface area contributed by atoms with Gasteiger partial charge in [-0.25, -0.2) is 4.79 Å². The molecule has 0 fully saturated rings. The van der Waals surface area contributed by atoms with Gasteiger partial charge in [0.2, 0.25) is 0 Å². The molecule has 7 heteroatoms. The van der Waals surface area contributed by atoms with E-state index in [0.717, 1.165) is 0 Å². The second-order valence-electron chi connectivity index (χ2n) is 3.44. The first kappa shape index (κ1) is 14.7. The number of rotatable bonds is 5. The van der Waals surface area contributed by atoms with Gasteiger partial charge in [-0.3, -0.25) is 4.79 Å². The predicted molar refractivity (Wildman–Crippen MR) is 71.6 cm³/mol. The summed E-state index contributed by atoms with van der Waals surface area (Å²) in [5, 5.41) is 20.6. The summed E-state index contributed by atoms with van der Waals surface area (Å²) in [6.45, 7) is -0.141. The van der Waals surface area contributed by atoms with Gasteiger partial charge in [0.15, 0.2) is 6.10 Å². The lowest BCUT2D eigenvalue weighted by Crippen LogP contribution is -2.37. The molecule has 0 spiro atoms. The van der Waals surface area contributed by atoms with Gasteiger partial charge in [0, 0.05) is 12.7 Å². The number of carbonyl (C=O) groups excluding carboxylic acids is 1. The molecule has 0 aliphatic heterocycles. The van der Waals surface area contributed by atoms with E-state index in [4.69, 9.17) is 5.11 Å². The van der Waals surface area contributed by atoms with Gasteiger partial charge in [-0.2, -0.15) is 0 Å². The second-order valence-corrected chi connectivity index (χ2v) is 4.60. The molecule has 0 bridgehead atoms. The minimum absolute atomic E-state index is 0.00442. The molecule has 1 atom stereocenters. The molecule has 6 nitrogen and oxygen atoms in total. The van der Waals surface area contributed by atoms with Crippen LogP contribution in [0, 0.1) is 3.57 Å². The molecule has 98 valence electrons. The van der Waals surface area contributed by atoms with Crippen LogP contribution in [0.1, 0.15) is 10.4 Å². The number of nitrogens with one attached hydrogen (secondary N) is 1. The summed E-state index contributed by atoms with van der Waals surface area (Å²) in [5.41, 5.74) is 0.258. The normalized spacial score (nSPS) is 11.9. The van der Waals surface area contributed by atoms with Gasteiger partial charge < -0.3 is 20.3 Å². The zero-order chi connectivity index (χ0) is 13.7. The van der Waals surface area contributed by atoms with Crippen LogP contribution in [0.2, 0.25) is 0 Å². The van der Waals surface area contributed by atoms with Crippen molar-refractivity contribution in [3.8, 4) is 5.75 Å². The lowest BCUT2D eigenvalue weighted by molar-refractivity contribution is -0.148. The molecule has 0 saturated carbocycles. The average molecular weight is 365 g/mol. The zero-order valence-electron chi connectivity index (χ0n) is 9.51. The second kappa shape index (κ2) is 6.55. The number of ether oxygens (including phenoxy) is 1. The van der Waals surface area contributed by atoms with E-state index < -0.39 is 18.0 Å². The van der Waals surface area contributed by atoms with Crippen LogP contribution in [0.15, 0.2) is 18.2 Å². The summed E-state index contributed by atoms with van der Waals surface area (Å²) < 4.78 is 5.31. The van der Waals surface area contributed by atoms with Crippen molar-refractivity contribution in [1.29, 1.82) is 0 Å². The first-order valence-corrected chi connectivity index (χ1v) is 6.06. The summed E-state index contributed by atoms with van der Waals surface area (Å²) in [6.07, 6.45) is -1.09. The molecular formula is C11H12INO5. The Morgan fingerprint density at radius 3 is 2.67 bits per heavy atom. The molecule has 0 heterocycles. The van der Waals surface area contributed by atoms with Crippen molar-refractivity contribution in [2.45, 2.75) is 6.10 Å². The lowest BCUT2D eigenvalue weighted by Gasteiger charge is -2.11. The number of carbonyl (C=O) groups is 2. The van der Waals surface area contributed by atoms with E-state index in [1.807, 2.05) is 22.6 Å². The lowest BCUT2D eigenvalue weighted by atomic mass is 10.2.